The van der Waals surface area contributed by atoms with Crippen LogP contribution < -0.4 is 4.74 Å². The Hall–Kier alpha value is -3.00. The molecule has 0 radical (unpaired) electrons. The Labute approximate surface area is 248 Å². The molecule has 12 heteroatoms. The molecule has 0 unspecified atom stereocenters. The van der Waals surface area contributed by atoms with Crippen molar-refractivity contribution in [2.75, 3.05) is 19.8 Å². The van der Waals surface area contributed by atoms with Gasteiger partial charge in [0.25, 0.3) is 0 Å². The van der Waals surface area contributed by atoms with Gasteiger partial charge < -0.3 is 50.0 Å². The van der Waals surface area contributed by atoms with Crippen LogP contribution in [0.2, 0.25) is 0 Å². The molecule has 236 valence electrons. The summed E-state index contributed by atoms with van der Waals surface area (Å²) >= 11 is 0. The molecule has 12 nitrogen and oxygen atoms in total. The highest BCUT2D eigenvalue weighted by Crippen LogP contribution is 2.47. The van der Waals surface area contributed by atoms with Gasteiger partial charge in [-0.3, -0.25) is 4.79 Å². The highest BCUT2D eigenvalue weighted by molar-refractivity contribution is 6.11. The topological polar surface area (TPSA) is 203 Å². The summed E-state index contributed by atoms with van der Waals surface area (Å²) in [6, 6.07) is 2.13. The number of carbonyl (C=O) groups excluding carboxylic acids is 1. The van der Waals surface area contributed by atoms with Gasteiger partial charge in [-0.15, -0.1) is 0 Å². The van der Waals surface area contributed by atoms with Gasteiger partial charge in [0.1, 0.15) is 41.2 Å². The molecule has 2 saturated heterocycles. The van der Waals surface area contributed by atoms with Crippen molar-refractivity contribution in [2.45, 2.75) is 82.6 Å². The minimum atomic E-state index is -2.02. The SMILES string of the molecule is CC(=O)c1c(C)c(O)c2cc(C(=O)O)cc(O[C@H]3O[C@H](CO)[C@](O)(CC[C@H]4CCC[C@H]5COCC[C@H]45)[C@H](O)[C@H]3O)c2c1O. The van der Waals surface area contributed by atoms with Crippen LogP contribution in [0.4, 0.5) is 0 Å². The zero-order valence-corrected chi connectivity index (χ0v) is 24.2. The number of ketones is 1. The zero-order valence-electron chi connectivity index (χ0n) is 24.2. The van der Waals surface area contributed by atoms with E-state index in [2.05, 4.69) is 0 Å². The third-order valence-electron chi connectivity index (χ3n) is 9.74. The first-order valence-electron chi connectivity index (χ1n) is 14.7. The summed E-state index contributed by atoms with van der Waals surface area (Å²) in [5.41, 5.74) is -2.53. The molecule has 1 saturated carbocycles. The molecule has 0 aromatic heterocycles. The fourth-order valence-corrected chi connectivity index (χ4v) is 7.41. The van der Waals surface area contributed by atoms with Crippen LogP contribution >= 0.6 is 0 Å². The van der Waals surface area contributed by atoms with Crippen LogP contribution in [0.1, 0.15) is 71.7 Å². The highest BCUT2D eigenvalue weighted by atomic mass is 16.7. The Morgan fingerprint density at radius 2 is 1.86 bits per heavy atom. The Morgan fingerprint density at radius 3 is 2.53 bits per heavy atom. The molecule has 2 aliphatic heterocycles. The second-order valence-electron chi connectivity index (χ2n) is 12.2. The van der Waals surface area contributed by atoms with Crippen LogP contribution in [0.15, 0.2) is 12.1 Å². The second kappa shape index (κ2) is 12.2. The Kier molecular flexibility index (Phi) is 8.90. The molecular formula is C31H40O12. The summed E-state index contributed by atoms with van der Waals surface area (Å²) < 4.78 is 17.3. The van der Waals surface area contributed by atoms with Crippen LogP contribution in [0, 0.1) is 24.7 Å². The third-order valence-corrected chi connectivity index (χ3v) is 9.74. The first-order valence-corrected chi connectivity index (χ1v) is 14.7. The number of aromatic carboxylic acids is 1. The third kappa shape index (κ3) is 5.56. The Morgan fingerprint density at radius 1 is 1.12 bits per heavy atom. The number of carbonyl (C=O) groups is 2. The van der Waals surface area contributed by atoms with Crippen LogP contribution in [0.25, 0.3) is 10.8 Å². The second-order valence-corrected chi connectivity index (χ2v) is 12.2. The molecule has 0 bridgehead atoms. The molecule has 1 aliphatic carbocycles. The summed E-state index contributed by atoms with van der Waals surface area (Å²) in [4.78, 5) is 24.2. The molecule has 3 aliphatic rings. The van der Waals surface area contributed by atoms with E-state index in [-0.39, 0.29) is 45.6 Å². The average molecular weight is 605 g/mol. The van der Waals surface area contributed by atoms with E-state index in [4.69, 9.17) is 14.2 Å². The Bertz CT molecular complexity index is 1390. The highest BCUT2D eigenvalue weighted by Gasteiger charge is 2.55. The molecule has 7 N–H and O–H groups in total. The summed E-state index contributed by atoms with van der Waals surface area (Å²) in [6.45, 7) is 3.26. The number of aliphatic hydroxyl groups is 4. The van der Waals surface area contributed by atoms with E-state index in [9.17, 15) is 45.3 Å². The van der Waals surface area contributed by atoms with Gasteiger partial charge in [0.2, 0.25) is 6.29 Å². The number of hydrogen-bond donors (Lipinski definition) is 7. The summed E-state index contributed by atoms with van der Waals surface area (Å²) in [5.74, 6) is -2.19. The molecule has 5 rings (SSSR count). The standard InChI is InChI=1S/C31H40O12/c1-14-23(15(2)33)26(35)24-20(25(14)34)10-18(29(38)39)11-21(24)42-30-27(36)28(37)31(40,22(12-32)43-30)8-6-16-4-3-5-17-13-41-9-7-19(16)17/h10-11,16-17,19,22,27-28,30,32,34-37,40H,3-9,12-13H2,1-2H3,(H,38,39)/t16-,17+,19-,22-,27-,28-,30+,31-/m1/s1. The number of Topliss-reactive ketones (excluding diaryl/α,β-unsaturated/α-hetero) is 1. The van der Waals surface area contributed by atoms with Crippen LogP contribution in [0.3, 0.4) is 0 Å². The van der Waals surface area contributed by atoms with E-state index in [0.29, 0.717) is 31.5 Å². The van der Waals surface area contributed by atoms with Crippen molar-refractivity contribution in [1.29, 1.82) is 0 Å². The number of hydrogen-bond acceptors (Lipinski definition) is 11. The number of carboxylic acid groups (broad SMARTS) is 1. The van der Waals surface area contributed by atoms with Crippen molar-refractivity contribution in [3.05, 3.63) is 28.8 Å². The van der Waals surface area contributed by atoms with Gasteiger partial charge in [0, 0.05) is 24.2 Å². The lowest BCUT2D eigenvalue weighted by atomic mass is 9.67. The van der Waals surface area contributed by atoms with E-state index >= 15 is 0 Å². The maximum atomic E-state index is 12.3. The van der Waals surface area contributed by atoms with Crippen molar-refractivity contribution in [3.63, 3.8) is 0 Å². The smallest absolute Gasteiger partial charge is 0.335 e. The number of rotatable bonds is 8. The van der Waals surface area contributed by atoms with Gasteiger partial charge in [-0.25, -0.2) is 4.79 Å². The first kappa shape index (κ1) is 31.4. The fraction of sp³-hybridized carbons (Fsp3) is 0.613. The lowest BCUT2D eigenvalue weighted by Gasteiger charge is -2.49. The van der Waals surface area contributed by atoms with E-state index in [1.165, 1.54) is 13.8 Å². The maximum Gasteiger partial charge on any atom is 0.335 e. The number of phenolic OH excluding ortho intramolecular Hbond substituents is 2. The largest absolute Gasteiger partial charge is 0.507 e. The first-order chi connectivity index (χ1) is 20.4. The molecule has 8 atom stereocenters. The van der Waals surface area contributed by atoms with Crippen LogP contribution in [-0.2, 0) is 9.47 Å². The van der Waals surface area contributed by atoms with Gasteiger partial charge in [-0.1, -0.05) is 12.8 Å². The predicted octanol–water partition coefficient (Wildman–Crippen LogP) is 2.24. The van der Waals surface area contributed by atoms with Gasteiger partial charge in [0.15, 0.2) is 5.78 Å². The normalized spacial score (nSPS) is 32.7. The molecule has 2 aromatic rings. The lowest BCUT2D eigenvalue weighted by molar-refractivity contribution is -0.315. The molecule has 2 aromatic carbocycles. The summed E-state index contributed by atoms with van der Waals surface area (Å²) in [6.07, 6.45) is -2.17. The van der Waals surface area contributed by atoms with Crippen molar-refractivity contribution < 1.29 is 59.5 Å². The van der Waals surface area contributed by atoms with E-state index < -0.39 is 60.1 Å². The van der Waals surface area contributed by atoms with Gasteiger partial charge in [0.05, 0.1) is 23.1 Å². The molecular weight excluding hydrogens is 564 g/mol. The number of phenols is 2. The predicted molar refractivity (Wildman–Crippen MR) is 151 cm³/mol. The molecule has 3 fully saturated rings. The summed E-state index contributed by atoms with van der Waals surface area (Å²) in [5, 5.41) is 75.3. The average Bonchev–Trinajstić information content (AvgIpc) is 2.98. The maximum absolute atomic E-state index is 12.3. The monoisotopic (exact) mass is 604 g/mol. The van der Waals surface area contributed by atoms with Crippen molar-refractivity contribution in [1.82, 2.24) is 0 Å². The number of benzene rings is 2. The minimum absolute atomic E-state index is 0.0332. The Balaban J connectivity index is 1.44. The molecule has 43 heavy (non-hydrogen) atoms. The minimum Gasteiger partial charge on any atom is -0.507 e. The van der Waals surface area contributed by atoms with Gasteiger partial charge >= 0.3 is 5.97 Å². The van der Waals surface area contributed by atoms with Crippen molar-refractivity contribution in [2.24, 2.45) is 17.8 Å². The molecule has 2 heterocycles. The number of carboxylic acids is 1. The quantitative estimate of drug-likeness (QED) is 0.171. The van der Waals surface area contributed by atoms with Crippen molar-refractivity contribution >= 4 is 22.5 Å². The van der Waals surface area contributed by atoms with Crippen molar-refractivity contribution in [3.8, 4) is 17.2 Å². The van der Waals surface area contributed by atoms with E-state index in [1.54, 1.807) is 0 Å². The molecule has 0 amide bonds. The lowest BCUT2D eigenvalue weighted by Crippen LogP contribution is -2.68. The number of aromatic hydroxyl groups is 2. The van der Waals surface area contributed by atoms with Crippen LogP contribution in [0.5, 0.6) is 17.2 Å². The number of fused-ring (bicyclic) bond motifs is 2. The molecule has 0 spiro atoms. The van der Waals surface area contributed by atoms with E-state index in [0.717, 1.165) is 37.8 Å². The van der Waals surface area contributed by atoms with Gasteiger partial charge in [-0.2, -0.15) is 0 Å². The number of aliphatic hydroxyl groups excluding tert-OH is 3. The van der Waals surface area contributed by atoms with Crippen LogP contribution in [-0.4, -0.2) is 97.5 Å². The van der Waals surface area contributed by atoms with E-state index in [1.807, 2.05) is 0 Å². The number of ether oxygens (including phenoxy) is 3. The van der Waals surface area contributed by atoms with Gasteiger partial charge in [-0.05, 0) is 69.4 Å². The zero-order chi connectivity index (χ0) is 31.2. The summed E-state index contributed by atoms with van der Waals surface area (Å²) in [7, 11) is 0. The fourth-order valence-electron chi connectivity index (χ4n) is 7.41.